The molecule has 0 radical (unpaired) electrons. The van der Waals surface area contributed by atoms with Gasteiger partial charge in [-0.1, -0.05) is 18.9 Å². The van der Waals surface area contributed by atoms with Crippen molar-refractivity contribution in [2.45, 2.75) is 32.2 Å². The summed E-state index contributed by atoms with van der Waals surface area (Å²) in [7, 11) is 0. The second-order valence-corrected chi connectivity index (χ2v) is 4.60. The lowest BCUT2D eigenvalue weighted by Crippen LogP contribution is -2.21. The summed E-state index contributed by atoms with van der Waals surface area (Å²) in [5, 5.41) is 12.2. The van der Waals surface area contributed by atoms with Crippen LogP contribution in [0.15, 0.2) is 18.2 Å². The first-order valence-corrected chi connectivity index (χ1v) is 6.15. The highest BCUT2D eigenvalue weighted by Crippen LogP contribution is 2.23. The quantitative estimate of drug-likeness (QED) is 0.818. The Kier molecular flexibility index (Phi) is 4.09. The van der Waals surface area contributed by atoms with Gasteiger partial charge in [0, 0.05) is 6.54 Å². The number of nitrogens with zero attached hydrogens (tertiary/aromatic N) is 1. The van der Waals surface area contributed by atoms with Gasteiger partial charge in [0.25, 0.3) is 0 Å². The van der Waals surface area contributed by atoms with Gasteiger partial charge in [-0.15, -0.1) is 0 Å². The average molecular weight is 234 g/mol. The van der Waals surface area contributed by atoms with Crippen molar-refractivity contribution in [3.63, 3.8) is 0 Å². The molecule has 1 saturated carbocycles. The topological polar surface area (TPSA) is 62.2 Å². The fourth-order valence-electron chi connectivity index (χ4n) is 2.32. The largest absolute Gasteiger partial charge is 0.477 e. The molecule has 1 heterocycles. The predicted octanol–water partition coefficient (Wildman–Crippen LogP) is 2.06. The molecule has 0 bridgehead atoms. The van der Waals surface area contributed by atoms with Crippen molar-refractivity contribution in [3.05, 3.63) is 29.6 Å². The fraction of sp³-hybridized carbons (Fsp3) is 0.538. The van der Waals surface area contributed by atoms with E-state index in [4.69, 9.17) is 5.11 Å². The van der Waals surface area contributed by atoms with Crippen LogP contribution >= 0.6 is 0 Å². The third-order valence-electron chi connectivity index (χ3n) is 3.24. The molecular weight excluding hydrogens is 216 g/mol. The van der Waals surface area contributed by atoms with Crippen LogP contribution in [0.5, 0.6) is 0 Å². The van der Waals surface area contributed by atoms with Crippen LogP contribution < -0.4 is 5.32 Å². The highest BCUT2D eigenvalue weighted by atomic mass is 16.4. The number of rotatable bonds is 5. The Labute approximate surface area is 101 Å². The second kappa shape index (κ2) is 5.77. The van der Waals surface area contributed by atoms with Crippen molar-refractivity contribution < 1.29 is 9.90 Å². The Morgan fingerprint density at radius 2 is 2.18 bits per heavy atom. The summed E-state index contributed by atoms with van der Waals surface area (Å²) in [6, 6.07) is 5.11. The zero-order valence-corrected chi connectivity index (χ0v) is 9.85. The molecule has 2 rings (SSSR count). The molecule has 1 aliphatic carbocycles. The molecule has 1 aliphatic rings. The van der Waals surface area contributed by atoms with Crippen LogP contribution in [0.25, 0.3) is 0 Å². The molecule has 92 valence electrons. The van der Waals surface area contributed by atoms with E-state index in [1.165, 1.54) is 31.7 Å². The summed E-state index contributed by atoms with van der Waals surface area (Å²) in [5.41, 5.74) is 0.910. The number of hydrogen-bond acceptors (Lipinski definition) is 3. The van der Waals surface area contributed by atoms with Gasteiger partial charge in [-0.3, -0.25) is 0 Å². The minimum absolute atomic E-state index is 0.116. The van der Waals surface area contributed by atoms with Gasteiger partial charge in [0.1, 0.15) is 5.69 Å². The molecule has 1 aromatic heterocycles. The van der Waals surface area contributed by atoms with Gasteiger partial charge < -0.3 is 10.4 Å². The zero-order valence-electron chi connectivity index (χ0n) is 9.85. The first kappa shape index (κ1) is 12.0. The van der Waals surface area contributed by atoms with E-state index < -0.39 is 5.97 Å². The smallest absolute Gasteiger partial charge is 0.354 e. The van der Waals surface area contributed by atoms with E-state index in [0.29, 0.717) is 6.54 Å². The number of nitrogens with one attached hydrogen (secondary N) is 1. The van der Waals surface area contributed by atoms with Crippen molar-refractivity contribution in [2.24, 2.45) is 5.92 Å². The molecule has 2 N–H and O–H groups in total. The maximum absolute atomic E-state index is 10.8. The summed E-state index contributed by atoms with van der Waals surface area (Å²) >= 11 is 0. The molecule has 1 fully saturated rings. The predicted molar refractivity (Wildman–Crippen MR) is 64.9 cm³/mol. The number of carboxylic acid groups (broad SMARTS) is 1. The van der Waals surface area contributed by atoms with E-state index in [0.717, 1.165) is 18.2 Å². The summed E-state index contributed by atoms with van der Waals surface area (Å²) in [5.74, 6) is -0.180. The Bertz CT molecular complexity index is 387. The standard InChI is InChI=1S/C13H18N2O2/c16-13(17)12-7-3-6-11(15-12)9-14-8-10-4-1-2-5-10/h3,6-7,10,14H,1-2,4-5,8-9H2,(H,16,17). The van der Waals surface area contributed by atoms with Crippen molar-refractivity contribution in [3.8, 4) is 0 Å². The number of carboxylic acids is 1. The van der Waals surface area contributed by atoms with Crippen molar-refractivity contribution in [1.29, 1.82) is 0 Å². The number of aromatic carboxylic acids is 1. The summed E-state index contributed by atoms with van der Waals surface area (Å²) in [4.78, 5) is 14.8. The summed E-state index contributed by atoms with van der Waals surface area (Å²) in [6.45, 7) is 1.66. The van der Waals surface area contributed by atoms with E-state index >= 15 is 0 Å². The van der Waals surface area contributed by atoms with Crippen LogP contribution in [-0.4, -0.2) is 22.6 Å². The van der Waals surface area contributed by atoms with Crippen LogP contribution in [0.3, 0.4) is 0 Å². The zero-order chi connectivity index (χ0) is 12.1. The van der Waals surface area contributed by atoms with E-state index in [1.807, 2.05) is 6.07 Å². The number of aromatic nitrogens is 1. The average Bonchev–Trinajstić information content (AvgIpc) is 2.82. The molecule has 0 atom stereocenters. The molecule has 0 aromatic carbocycles. The summed E-state index contributed by atoms with van der Waals surface area (Å²) in [6.07, 6.45) is 5.32. The van der Waals surface area contributed by atoms with Crippen molar-refractivity contribution >= 4 is 5.97 Å². The molecule has 4 heteroatoms. The fourth-order valence-corrected chi connectivity index (χ4v) is 2.32. The first-order chi connectivity index (χ1) is 8.25. The van der Waals surface area contributed by atoms with Crippen LogP contribution in [0.4, 0.5) is 0 Å². The van der Waals surface area contributed by atoms with Crippen LogP contribution in [0.1, 0.15) is 41.9 Å². The molecule has 17 heavy (non-hydrogen) atoms. The van der Waals surface area contributed by atoms with E-state index in [2.05, 4.69) is 10.3 Å². The minimum Gasteiger partial charge on any atom is -0.477 e. The second-order valence-electron chi connectivity index (χ2n) is 4.60. The van der Waals surface area contributed by atoms with Crippen LogP contribution in [-0.2, 0) is 6.54 Å². The van der Waals surface area contributed by atoms with Crippen molar-refractivity contribution in [2.75, 3.05) is 6.54 Å². The molecule has 0 spiro atoms. The molecular formula is C13H18N2O2. The van der Waals surface area contributed by atoms with Gasteiger partial charge in [-0.25, -0.2) is 9.78 Å². The van der Waals surface area contributed by atoms with Gasteiger partial charge in [0.05, 0.1) is 5.69 Å². The SMILES string of the molecule is O=C(O)c1cccc(CNCC2CCCC2)n1. The van der Waals surface area contributed by atoms with Crippen molar-refractivity contribution in [1.82, 2.24) is 10.3 Å². The summed E-state index contributed by atoms with van der Waals surface area (Å²) < 4.78 is 0. The molecule has 0 saturated heterocycles. The lowest BCUT2D eigenvalue weighted by atomic mass is 10.1. The Morgan fingerprint density at radius 3 is 2.88 bits per heavy atom. The van der Waals surface area contributed by atoms with Gasteiger partial charge in [0.15, 0.2) is 0 Å². The molecule has 0 unspecified atom stereocenters. The Balaban J connectivity index is 1.81. The maximum Gasteiger partial charge on any atom is 0.354 e. The Morgan fingerprint density at radius 1 is 1.41 bits per heavy atom. The lowest BCUT2D eigenvalue weighted by molar-refractivity contribution is 0.0690. The van der Waals surface area contributed by atoms with E-state index in [9.17, 15) is 4.79 Å². The van der Waals surface area contributed by atoms with Crippen LogP contribution in [0.2, 0.25) is 0 Å². The number of carbonyl (C=O) groups is 1. The van der Waals surface area contributed by atoms with E-state index in [1.54, 1.807) is 6.07 Å². The van der Waals surface area contributed by atoms with Gasteiger partial charge in [-0.2, -0.15) is 0 Å². The third-order valence-corrected chi connectivity index (χ3v) is 3.24. The molecule has 1 aromatic rings. The molecule has 4 nitrogen and oxygen atoms in total. The minimum atomic E-state index is -0.970. The number of hydrogen-bond donors (Lipinski definition) is 2. The maximum atomic E-state index is 10.8. The van der Waals surface area contributed by atoms with Crippen LogP contribution in [0, 0.1) is 5.92 Å². The van der Waals surface area contributed by atoms with Gasteiger partial charge in [0.2, 0.25) is 0 Å². The highest BCUT2D eigenvalue weighted by molar-refractivity contribution is 5.85. The molecule has 0 aliphatic heterocycles. The lowest BCUT2D eigenvalue weighted by Gasteiger charge is -2.10. The highest BCUT2D eigenvalue weighted by Gasteiger charge is 2.14. The van der Waals surface area contributed by atoms with Gasteiger partial charge >= 0.3 is 5.97 Å². The van der Waals surface area contributed by atoms with Gasteiger partial charge in [-0.05, 0) is 37.4 Å². The number of pyridine rings is 1. The Hall–Kier alpha value is -1.42. The monoisotopic (exact) mass is 234 g/mol. The molecule has 0 amide bonds. The normalized spacial score (nSPS) is 16.2. The van der Waals surface area contributed by atoms with E-state index in [-0.39, 0.29) is 5.69 Å². The third kappa shape index (κ3) is 3.53. The first-order valence-electron chi connectivity index (χ1n) is 6.15.